The lowest BCUT2D eigenvalue weighted by molar-refractivity contribution is -0.137. The van der Waals surface area contributed by atoms with Crippen molar-refractivity contribution in [3.05, 3.63) is 99.1 Å². The Kier molecular flexibility index (Phi) is 7.58. The summed E-state index contributed by atoms with van der Waals surface area (Å²) in [6.07, 6.45) is -0.253. The molecule has 196 valence electrons. The van der Waals surface area contributed by atoms with E-state index in [-0.39, 0.29) is 12.2 Å². The van der Waals surface area contributed by atoms with Crippen molar-refractivity contribution in [3.63, 3.8) is 0 Å². The van der Waals surface area contributed by atoms with Gasteiger partial charge in [-0.05, 0) is 60.6 Å². The number of nitrogens with zero attached hydrogens (tertiary/aromatic N) is 4. The molecule has 0 amide bonds. The SMILES string of the molecule is Cc1ccc(Cn2c(-c3cccc(-c4cnn(CCC(C)C)c4)c3)cc(C(F)(F)F)c(C#N)c2=O)c(C)c1. The van der Waals surface area contributed by atoms with Crippen molar-refractivity contribution in [2.75, 3.05) is 0 Å². The molecule has 38 heavy (non-hydrogen) atoms. The molecule has 0 aliphatic rings. The summed E-state index contributed by atoms with van der Waals surface area (Å²) >= 11 is 0. The Balaban J connectivity index is 1.87. The fraction of sp³-hybridized carbons (Fsp3) is 0.300. The summed E-state index contributed by atoms with van der Waals surface area (Å²) in [5, 5.41) is 13.9. The molecule has 0 radical (unpaired) electrons. The molecule has 0 unspecified atom stereocenters. The highest BCUT2D eigenvalue weighted by atomic mass is 19.4. The van der Waals surface area contributed by atoms with Crippen LogP contribution >= 0.6 is 0 Å². The fourth-order valence-corrected chi connectivity index (χ4v) is 4.45. The average molecular weight is 519 g/mol. The van der Waals surface area contributed by atoms with Crippen molar-refractivity contribution in [1.82, 2.24) is 14.3 Å². The van der Waals surface area contributed by atoms with E-state index in [0.717, 1.165) is 46.8 Å². The molecule has 0 aliphatic heterocycles. The lowest BCUT2D eigenvalue weighted by Crippen LogP contribution is -2.29. The van der Waals surface area contributed by atoms with Crippen LogP contribution < -0.4 is 5.56 Å². The number of aromatic nitrogens is 3. The van der Waals surface area contributed by atoms with Gasteiger partial charge in [-0.2, -0.15) is 23.5 Å². The second kappa shape index (κ2) is 10.7. The third-order valence-corrected chi connectivity index (χ3v) is 6.60. The van der Waals surface area contributed by atoms with Crippen LogP contribution in [0.5, 0.6) is 0 Å². The summed E-state index contributed by atoms with van der Waals surface area (Å²) in [7, 11) is 0. The fourth-order valence-electron chi connectivity index (χ4n) is 4.45. The molecular formula is C30H29F3N4O. The molecule has 0 bridgehead atoms. The molecule has 2 heterocycles. The molecule has 0 spiro atoms. The number of nitriles is 1. The van der Waals surface area contributed by atoms with Crippen LogP contribution in [0.3, 0.4) is 0 Å². The minimum Gasteiger partial charge on any atom is -0.303 e. The Bertz CT molecular complexity index is 1570. The number of halogens is 3. The van der Waals surface area contributed by atoms with Gasteiger partial charge in [-0.3, -0.25) is 9.48 Å². The van der Waals surface area contributed by atoms with Gasteiger partial charge < -0.3 is 4.57 Å². The number of benzene rings is 2. The van der Waals surface area contributed by atoms with Gasteiger partial charge in [0.25, 0.3) is 5.56 Å². The van der Waals surface area contributed by atoms with Gasteiger partial charge in [0.1, 0.15) is 11.6 Å². The first kappa shape index (κ1) is 26.9. The Hall–Kier alpha value is -4.12. The normalized spacial score (nSPS) is 11.7. The van der Waals surface area contributed by atoms with E-state index >= 15 is 0 Å². The number of aryl methyl sites for hydroxylation is 3. The summed E-state index contributed by atoms with van der Waals surface area (Å²) in [4.78, 5) is 13.4. The Morgan fingerprint density at radius 3 is 2.42 bits per heavy atom. The lowest BCUT2D eigenvalue weighted by Gasteiger charge is -2.19. The third-order valence-electron chi connectivity index (χ3n) is 6.60. The van der Waals surface area contributed by atoms with Gasteiger partial charge in [0.15, 0.2) is 0 Å². The number of pyridine rings is 1. The largest absolute Gasteiger partial charge is 0.417 e. The molecule has 0 atom stereocenters. The minimum absolute atomic E-state index is 0.0322. The minimum atomic E-state index is -4.85. The van der Waals surface area contributed by atoms with Crippen molar-refractivity contribution >= 4 is 0 Å². The lowest BCUT2D eigenvalue weighted by atomic mass is 9.99. The number of rotatable bonds is 7. The second-order valence-corrected chi connectivity index (χ2v) is 10.0. The second-order valence-electron chi connectivity index (χ2n) is 10.0. The van der Waals surface area contributed by atoms with Crippen molar-refractivity contribution in [2.24, 2.45) is 5.92 Å². The molecule has 2 aromatic carbocycles. The van der Waals surface area contributed by atoms with Crippen LogP contribution in [-0.2, 0) is 19.3 Å². The van der Waals surface area contributed by atoms with Gasteiger partial charge in [-0.25, -0.2) is 0 Å². The molecule has 0 aliphatic carbocycles. The van der Waals surface area contributed by atoms with E-state index < -0.39 is 22.9 Å². The quantitative estimate of drug-likeness (QED) is 0.265. The molecular weight excluding hydrogens is 489 g/mol. The molecule has 4 rings (SSSR count). The maximum absolute atomic E-state index is 13.9. The Labute approximate surface area is 219 Å². The van der Waals surface area contributed by atoms with E-state index in [9.17, 15) is 23.2 Å². The van der Waals surface area contributed by atoms with E-state index in [1.54, 1.807) is 24.4 Å². The molecule has 5 nitrogen and oxygen atoms in total. The van der Waals surface area contributed by atoms with Crippen LogP contribution in [-0.4, -0.2) is 14.3 Å². The summed E-state index contributed by atoms with van der Waals surface area (Å²) in [5.74, 6) is 0.527. The average Bonchev–Trinajstić information content (AvgIpc) is 3.34. The molecule has 0 saturated heterocycles. The summed E-state index contributed by atoms with van der Waals surface area (Å²) in [5.41, 5.74) is 1.73. The van der Waals surface area contributed by atoms with Crippen LogP contribution in [0.25, 0.3) is 22.4 Å². The number of alkyl halides is 3. The molecule has 0 fully saturated rings. The van der Waals surface area contributed by atoms with Crippen molar-refractivity contribution in [1.29, 1.82) is 5.26 Å². The molecule has 4 aromatic rings. The predicted molar refractivity (Wildman–Crippen MR) is 142 cm³/mol. The predicted octanol–water partition coefficient (Wildman–Crippen LogP) is 6.98. The van der Waals surface area contributed by atoms with Gasteiger partial charge in [-0.15, -0.1) is 0 Å². The molecule has 2 aromatic heterocycles. The van der Waals surface area contributed by atoms with E-state index in [1.807, 2.05) is 49.0 Å². The van der Waals surface area contributed by atoms with Crippen molar-refractivity contribution < 1.29 is 13.2 Å². The van der Waals surface area contributed by atoms with Crippen LogP contribution in [0.4, 0.5) is 13.2 Å². The van der Waals surface area contributed by atoms with E-state index in [1.165, 1.54) is 10.6 Å². The molecule has 0 N–H and O–H groups in total. The van der Waals surface area contributed by atoms with Gasteiger partial charge in [0.05, 0.1) is 24.0 Å². The van der Waals surface area contributed by atoms with Crippen molar-refractivity contribution in [2.45, 2.75) is 53.4 Å². The van der Waals surface area contributed by atoms with E-state index in [4.69, 9.17) is 0 Å². The van der Waals surface area contributed by atoms with Crippen molar-refractivity contribution in [3.8, 4) is 28.5 Å². The molecule has 8 heteroatoms. The zero-order chi connectivity index (χ0) is 27.6. The topological polar surface area (TPSA) is 63.6 Å². The third kappa shape index (κ3) is 5.72. The maximum Gasteiger partial charge on any atom is 0.417 e. The maximum atomic E-state index is 13.9. The smallest absolute Gasteiger partial charge is 0.303 e. The molecule has 0 saturated carbocycles. The summed E-state index contributed by atoms with van der Waals surface area (Å²) < 4.78 is 44.9. The van der Waals surface area contributed by atoms with E-state index in [2.05, 4.69) is 18.9 Å². The van der Waals surface area contributed by atoms with Crippen LogP contribution in [0.15, 0.2) is 65.7 Å². The standard InChI is InChI=1S/C30H29F3N4O/c1-19(2)10-11-36-17-25(16-35-36)22-6-5-7-23(13-22)28-14-27(30(31,32)33)26(15-34)29(38)37(28)18-24-9-8-20(3)12-21(24)4/h5-9,12-14,16-17,19H,10-11,18H2,1-4H3. The van der Waals surface area contributed by atoms with Gasteiger partial charge in [0.2, 0.25) is 0 Å². The van der Waals surface area contributed by atoms with Gasteiger partial charge in [-0.1, -0.05) is 55.8 Å². The first-order valence-electron chi connectivity index (χ1n) is 12.4. The van der Waals surface area contributed by atoms with Crippen LogP contribution in [0.2, 0.25) is 0 Å². The Morgan fingerprint density at radius 1 is 1.03 bits per heavy atom. The number of hydrogen-bond donors (Lipinski definition) is 0. The van der Waals surface area contributed by atoms with Crippen LogP contribution in [0, 0.1) is 31.1 Å². The highest BCUT2D eigenvalue weighted by Gasteiger charge is 2.36. The number of hydrogen-bond acceptors (Lipinski definition) is 3. The first-order valence-corrected chi connectivity index (χ1v) is 12.4. The van der Waals surface area contributed by atoms with Crippen LogP contribution in [0.1, 0.15) is 48.1 Å². The highest BCUT2D eigenvalue weighted by Crippen LogP contribution is 2.35. The van der Waals surface area contributed by atoms with Gasteiger partial charge >= 0.3 is 6.18 Å². The van der Waals surface area contributed by atoms with E-state index in [0.29, 0.717) is 11.5 Å². The Morgan fingerprint density at radius 2 is 1.76 bits per heavy atom. The van der Waals surface area contributed by atoms with Gasteiger partial charge in [0, 0.05) is 18.3 Å². The first-order chi connectivity index (χ1) is 18.0. The zero-order valence-corrected chi connectivity index (χ0v) is 21.8. The monoisotopic (exact) mass is 518 g/mol. The summed E-state index contributed by atoms with van der Waals surface area (Å²) in [6, 6.07) is 15.1. The summed E-state index contributed by atoms with van der Waals surface area (Å²) in [6.45, 7) is 8.90. The zero-order valence-electron chi connectivity index (χ0n) is 21.8. The highest BCUT2D eigenvalue weighted by molar-refractivity contribution is 5.72.